The van der Waals surface area contributed by atoms with Crippen LogP contribution in [0.1, 0.15) is 45.2 Å². The number of aromatic amines is 1. The molecule has 1 aliphatic heterocycles. The number of rotatable bonds is 7. The lowest BCUT2D eigenvalue weighted by molar-refractivity contribution is 0.289. The van der Waals surface area contributed by atoms with Crippen LogP contribution >= 0.6 is 0 Å². The van der Waals surface area contributed by atoms with Crippen LogP contribution in [0.5, 0.6) is 5.88 Å². The van der Waals surface area contributed by atoms with Crippen molar-refractivity contribution in [1.82, 2.24) is 25.5 Å². The molecule has 0 aromatic carbocycles. The number of anilines is 3. The van der Waals surface area contributed by atoms with Crippen LogP contribution in [0.3, 0.4) is 0 Å². The molecule has 1 aliphatic rings. The SMILES string of the molecule is CCC1CC(Nc2nc(Nc3cc(C)[nH]n3)cc(OC)n2)CC(CC)N1. The second-order valence-corrected chi connectivity index (χ2v) is 6.87. The molecule has 1 saturated heterocycles. The second-order valence-electron chi connectivity index (χ2n) is 6.87. The van der Waals surface area contributed by atoms with Crippen LogP contribution in [-0.2, 0) is 0 Å². The van der Waals surface area contributed by atoms with E-state index in [1.807, 2.05) is 13.0 Å². The van der Waals surface area contributed by atoms with Crippen molar-refractivity contribution >= 4 is 17.6 Å². The Kier molecular flexibility index (Phi) is 5.92. The maximum absolute atomic E-state index is 5.34. The number of nitrogens with one attached hydrogen (secondary N) is 4. The van der Waals surface area contributed by atoms with Crippen LogP contribution in [0.2, 0.25) is 0 Å². The smallest absolute Gasteiger partial charge is 0.228 e. The topological polar surface area (TPSA) is 99.8 Å². The van der Waals surface area contributed by atoms with E-state index in [0.717, 1.165) is 31.4 Å². The molecule has 8 heteroatoms. The van der Waals surface area contributed by atoms with Crippen LogP contribution in [0.25, 0.3) is 0 Å². The van der Waals surface area contributed by atoms with Gasteiger partial charge in [0.25, 0.3) is 0 Å². The normalized spacial score (nSPS) is 22.8. The fraction of sp³-hybridized carbons (Fsp3) is 0.611. The third-order valence-corrected chi connectivity index (χ3v) is 4.80. The Morgan fingerprint density at radius 3 is 2.42 bits per heavy atom. The predicted octanol–water partition coefficient (Wildman–Crippen LogP) is 2.98. The molecule has 0 saturated carbocycles. The first kappa shape index (κ1) is 18.4. The number of aromatic nitrogens is 4. The van der Waals surface area contributed by atoms with Crippen molar-refractivity contribution in [2.24, 2.45) is 0 Å². The number of H-pyrrole nitrogens is 1. The number of piperidine rings is 1. The Hall–Kier alpha value is -2.35. The van der Waals surface area contributed by atoms with Gasteiger partial charge in [-0.2, -0.15) is 15.1 Å². The highest BCUT2D eigenvalue weighted by molar-refractivity contribution is 5.55. The number of hydrogen-bond acceptors (Lipinski definition) is 7. The lowest BCUT2D eigenvalue weighted by atomic mass is 9.91. The summed E-state index contributed by atoms with van der Waals surface area (Å²) in [4.78, 5) is 9.06. The van der Waals surface area contributed by atoms with Gasteiger partial charge in [-0.15, -0.1) is 0 Å². The monoisotopic (exact) mass is 359 g/mol. The third kappa shape index (κ3) is 4.63. The highest BCUT2D eigenvalue weighted by Gasteiger charge is 2.27. The van der Waals surface area contributed by atoms with E-state index in [-0.39, 0.29) is 0 Å². The molecular weight excluding hydrogens is 330 g/mol. The fourth-order valence-corrected chi connectivity index (χ4v) is 3.39. The lowest BCUT2D eigenvalue weighted by Gasteiger charge is -2.36. The van der Waals surface area contributed by atoms with Crippen LogP contribution in [-0.4, -0.2) is 45.4 Å². The van der Waals surface area contributed by atoms with Gasteiger partial charge in [-0.05, 0) is 32.6 Å². The van der Waals surface area contributed by atoms with E-state index in [0.29, 0.717) is 41.6 Å². The summed E-state index contributed by atoms with van der Waals surface area (Å²) in [5.41, 5.74) is 0.984. The van der Waals surface area contributed by atoms with Gasteiger partial charge in [-0.1, -0.05) is 13.8 Å². The van der Waals surface area contributed by atoms with Crippen LogP contribution < -0.4 is 20.7 Å². The molecule has 2 aromatic heterocycles. The third-order valence-electron chi connectivity index (χ3n) is 4.80. The zero-order chi connectivity index (χ0) is 18.5. The molecule has 142 valence electrons. The maximum atomic E-state index is 5.34. The van der Waals surface area contributed by atoms with Crippen LogP contribution in [0.4, 0.5) is 17.6 Å². The van der Waals surface area contributed by atoms with E-state index >= 15 is 0 Å². The number of hydrogen-bond donors (Lipinski definition) is 4. The van der Waals surface area contributed by atoms with Crippen molar-refractivity contribution in [2.75, 3.05) is 17.7 Å². The molecular formula is C18H29N7O. The summed E-state index contributed by atoms with van der Waals surface area (Å²) in [5, 5.41) is 17.5. The van der Waals surface area contributed by atoms with Crippen molar-refractivity contribution in [3.05, 3.63) is 17.8 Å². The molecule has 2 atom stereocenters. The molecule has 0 bridgehead atoms. The largest absolute Gasteiger partial charge is 0.481 e. The molecule has 2 unspecified atom stereocenters. The van der Waals surface area contributed by atoms with Crippen LogP contribution in [0, 0.1) is 6.92 Å². The minimum Gasteiger partial charge on any atom is -0.481 e. The first-order chi connectivity index (χ1) is 12.6. The van der Waals surface area contributed by atoms with Crippen molar-refractivity contribution < 1.29 is 4.74 Å². The molecule has 0 aliphatic carbocycles. The van der Waals surface area contributed by atoms with E-state index in [2.05, 4.69) is 50.0 Å². The summed E-state index contributed by atoms with van der Waals surface area (Å²) in [6.07, 6.45) is 4.38. The molecule has 1 fully saturated rings. The average molecular weight is 359 g/mol. The Morgan fingerprint density at radius 1 is 1.12 bits per heavy atom. The molecule has 0 spiro atoms. The average Bonchev–Trinajstić information content (AvgIpc) is 3.05. The van der Waals surface area contributed by atoms with Gasteiger partial charge in [0.05, 0.1) is 7.11 Å². The van der Waals surface area contributed by atoms with Gasteiger partial charge in [0.1, 0.15) is 5.82 Å². The summed E-state index contributed by atoms with van der Waals surface area (Å²) >= 11 is 0. The molecule has 26 heavy (non-hydrogen) atoms. The Labute approximate surface area is 154 Å². The molecule has 3 heterocycles. The molecule has 8 nitrogen and oxygen atoms in total. The van der Waals surface area contributed by atoms with Gasteiger partial charge >= 0.3 is 0 Å². The van der Waals surface area contributed by atoms with Crippen LogP contribution in [0.15, 0.2) is 12.1 Å². The number of ether oxygens (including phenoxy) is 1. The number of methoxy groups -OCH3 is 1. The van der Waals surface area contributed by atoms with Crippen molar-refractivity contribution in [3.8, 4) is 5.88 Å². The van der Waals surface area contributed by atoms with E-state index < -0.39 is 0 Å². The highest BCUT2D eigenvalue weighted by atomic mass is 16.5. The van der Waals surface area contributed by atoms with Gasteiger partial charge in [0.15, 0.2) is 5.82 Å². The quantitative estimate of drug-likeness (QED) is 0.603. The van der Waals surface area contributed by atoms with E-state index in [1.165, 1.54) is 0 Å². The van der Waals surface area contributed by atoms with E-state index in [9.17, 15) is 0 Å². The molecule has 3 rings (SSSR count). The van der Waals surface area contributed by atoms with Gasteiger partial charge in [0, 0.05) is 36.0 Å². The number of aryl methyl sites for hydroxylation is 1. The van der Waals surface area contributed by atoms with Crippen molar-refractivity contribution in [3.63, 3.8) is 0 Å². The minimum absolute atomic E-state index is 0.346. The Balaban J connectivity index is 1.75. The lowest BCUT2D eigenvalue weighted by Crippen LogP contribution is -2.49. The standard InChI is InChI=1S/C18H29N7O/c1-5-12-8-14(9-13(6-2)19-12)20-18-22-15(10-17(23-18)26-4)21-16-7-11(3)24-25-16/h7,10,12-14,19H,5-6,8-9H2,1-4H3,(H3,20,21,22,23,24,25). The molecule has 0 amide bonds. The summed E-state index contributed by atoms with van der Waals surface area (Å²) in [7, 11) is 1.61. The fourth-order valence-electron chi connectivity index (χ4n) is 3.39. The Bertz CT molecular complexity index is 705. The van der Waals surface area contributed by atoms with Gasteiger partial charge in [-0.3, -0.25) is 5.10 Å². The first-order valence-corrected chi connectivity index (χ1v) is 9.34. The summed E-state index contributed by atoms with van der Waals surface area (Å²) < 4.78 is 5.34. The van der Waals surface area contributed by atoms with Gasteiger partial charge in [0.2, 0.25) is 11.8 Å². The van der Waals surface area contributed by atoms with E-state index in [4.69, 9.17) is 4.74 Å². The Morgan fingerprint density at radius 2 is 1.85 bits per heavy atom. The molecule has 0 radical (unpaired) electrons. The molecule has 4 N–H and O–H groups in total. The summed E-state index contributed by atoms with van der Waals surface area (Å²) in [6, 6.07) is 5.09. The number of nitrogens with zero attached hydrogens (tertiary/aromatic N) is 3. The maximum Gasteiger partial charge on any atom is 0.228 e. The summed E-state index contributed by atoms with van der Waals surface area (Å²) in [5.74, 6) is 2.47. The zero-order valence-corrected chi connectivity index (χ0v) is 16.0. The first-order valence-electron chi connectivity index (χ1n) is 9.34. The molecule has 2 aromatic rings. The second kappa shape index (κ2) is 8.35. The zero-order valence-electron chi connectivity index (χ0n) is 16.0. The van der Waals surface area contributed by atoms with Crippen molar-refractivity contribution in [1.29, 1.82) is 0 Å². The predicted molar refractivity (Wildman–Crippen MR) is 103 cm³/mol. The van der Waals surface area contributed by atoms with Gasteiger partial charge in [-0.25, -0.2) is 0 Å². The highest BCUT2D eigenvalue weighted by Crippen LogP contribution is 2.23. The van der Waals surface area contributed by atoms with Gasteiger partial charge < -0.3 is 20.7 Å². The summed E-state index contributed by atoms with van der Waals surface area (Å²) in [6.45, 7) is 6.41. The van der Waals surface area contributed by atoms with E-state index in [1.54, 1.807) is 13.2 Å². The van der Waals surface area contributed by atoms with Crippen molar-refractivity contribution in [2.45, 2.75) is 64.6 Å². The minimum atomic E-state index is 0.346.